The molecule has 1 heterocycles. The first-order valence-corrected chi connectivity index (χ1v) is 2.39. The minimum Gasteiger partial charge on any atom is -0.432 e. The Bertz CT molecular complexity index is 89.7. The quantitative estimate of drug-likeness (QED) is 0.364. The Labute approximate surface area is 42.2 Å². The standard InChI is InChI=1S/C4H8N2O/c5-4-6-2-1-3-7-4/h1-3H2,(H2,5,6)/p+1. The van der Waals surface area contributed by atoms with E-state index in [0.29, 0.717) is 6.02 Å². The fourth-order valence-corrected chi connectivity index (χ4v) is 0.517. The van der Waals surface area contributed by atoms with Crippen LogP contribution in [0.1, 0.15) is 6.42 Å². The van der Waals surface area contributed by atoms with Crippen LogP contribution in [-0.2, 0) is 4.74 Å². The molecular weight excluding hydrogens is 92.1 g/mol. The van der Waals surface area contributed by atoms with E-state index >= 15 is 0 Å². The van der Waals surface area contributed by atoms with Crippen LogP contribution in [0.25, 0.3) is 0 Å². The molecule has 0 aromatic heterocycles. The summed E-state index contributed by atoms with van der Waals surface area (Å²) in [5.74, 6) is 0. The Morgan fingerprint density at radius 3 is 2.86 bits per heavy atom. The number of nitrogens with one attached hydrogen (secondary N) is 1. The van der Waals surface area contributed by atoms with Crippen LogP contribution in [0.4, 0.5) is 0 Å². The predicted octanol–water partition coefficient (Wildman–Crippen LogP) is -2.20. The predicted molar refractivity (Wildman–Crippen MR) is 25.6 cm³/mol. The molecular formula is C4H9N2O+. The molecule has 0 aromatic rings. The van der Waals surface area contributed by atoms with Crippen LogP contribution in [-0.4, -0.2) is 19.2 Å². The highest BCUT2D eigenvalue weighted by Gasteiger charge is 2.03. The van der Waals surface area contributed by atoms with E-state index in [-0.39, 0.29) is 0 Å². The van der Waals surface area contributed by atoms with Crippen LogP contribution in [0.3, 0.4) is 0 Å². The van der Waals surface area contributed by atoms with E-state index in [1.807, 2.05) is 0 Å². The molecule has 0 radical (unpaired) electrons. The molecule has 0 aromatic carbocycles. The van der Waals surface area contributed by atoms with Crippen LogP contribution in [0.15, 0.2) is 0 Å². The van der Waals surface area contributed by atoms with Crippen molar-refractivity contribution in [3.05, 3.63) is 0 Å². The van der Waals surface area contributed by atoms with Crippen molar-refractivity contribution in [1.82, 2.24) is 0 Å². The zero-order chi connectivity index (χ0) is 5.11. The van der Waals surface area contributed by atoms with Gasteiger partial charge in [-0.25, -0.2) is 4.99 Å². The van der Waals surface area contributed by atoms with E-state index in [2.05, 4.69) is 4.99 Å². The van der Waals surface area contributed by atoms with Crippen LogP contribution in [0.2, 0.25) is 0 Å². The monoisotopic (exact) mass is 101 g/mol. The number of rotatable bonds is 0. The molecule has 0 saturated carbocycles. The lowest BCUT2D eigenvalue weighted by Crippen LogP contribution is -2.78. The summed E-state index contributed by atoms with van der Waals surface area (Å²) in [7, 11) is 0. The Balaban J connectivity index is 2.40. The number of amidine groups is 1. The van der Waals surface area contributed by atoms with Crippen LogP contribution in [0, 0.1) is 0 Å². The minimum atomic E-state index is 0.464. The maximum atomic E-state index is 5.22. The zero-order valence-corrected chi connectivity index (χ0v) is 4.11. The van der Waals surface area contributed by atoms with Gasteiger partial charge in [0, 0.05) is 6.42 Å². The van der Waals surface area contributed by atoms with E-state index in [0.717, 1.165) is 19.6 Å². The molecule has 1 rings (SSSR count). The van der Waals surface area contributed by atoms with Gasteiger partial charge in [-0.15, -0.1) is 0 Å². The lowest BCUT2D eigenvalue weighted by Gasteiger charge is -2.02. The van der Waals surface area contributed by atoms with E-state index in [9.17, 15) is 0 Å². The van der Waals surface area contributed by atoms with E-state index in [1.54, 1.807) is 0 Å². The van der Waals surface area contributed by atoms with Crippen LogP contribution >= 0.6 is 0 Å². The average Bonchev–Trinajstić information content (AvgIpc) is 1.69. The normalized spacial score (nSPS) is 20.3. The highest BCUT2D eigenvalue weighted by Crippen LogP contribution is 1.76. The average molecular weight is 101 g/mol. The van der Waals surface area contributed by atoms with Crippen molar-refractivity contribution < 1.29 is 9.73 Å². The Morgan fingerprint density at radius 2 is 2.57 bits per heavy atom. The van der Waals surface area contributed by atoms with Crippen molar-refractivity contribution in [2.24, 2.45) is 5.73 Å². The third-order valence-electron chi connectivity index (χ3n) is 0.878. The molecule has 3 heteroatoms. The molecule has 0 spiro atoms. The number of hydrogen-bond donors (Lipinski definition) is 2. The largest absolute Gasteiger partial charge is 0.439 e. The molecule has 0 unspecified atom stereocenters. The van der Waals surface area contributed by atoms with Gasteiger partial charge in [0.05, 0.1) is 13.2 Å². The van der Waals surface area contributed by atoms with Gasteiger partial charge in [0.15, 0.2) is 0 Å². The van der Waals surface area contributed by atoms with Crippen LogP contribution in [0.5, 0.6) is 0 Å². The first-order valence-electron chi connectivity index (χ1n) is 2.39. The highest BCUT2D eigenvalue weighted by atomic mass is 16.5. The third kappa shape index (κ3) is 1.07. The van der Waals surface area contributed by atoms with Gasteiger partial charge in [0.2, 0.25) is 0 Å². The summed E-state index contributed by atoms with van der Waals surface area (Å²) in [6.07, 6.45) is 1.06. The topological polar surface area (TPSA) is 49.2 Å². The minimum absolute atomic E-state index is 0.464. The van der Waals surface area contributed by atoms with Gasteiger partial charge >= 0.3 is 6.02 Å². The summed E-state index contributed by atoms with van der Waals surface area (Å²) in [5.41, 5.74) is 5.22. The van der Waals surface area contributed by atoms with E-state index in [4.69, 9.17) is 10.5 Å². The SMILES string of the molecule is NC1=[NH+]CCCO1. The van der Waals surface area contributed by atoms with Gasteiger partial charge in [-0.2, -0.15) is 0 Å². The molecule has 0 aliphatic carbocycles. The second-order valence-electron chi connectivity index (χ2n) is 1.49. The Hall–Kier alpha value is -0.730. The maximum absolute atomic E-state index is 5.22. The van der Waals surface area contributed by atoms with Gasteiger partial charge in [0.25, 0.3) is 0 Å². The van der Waals surface area contributed by atoms with Gasteiger partial charge in [0.1, 0.15) is 0 Å². The third-order valence-corrected chi connectivity index (χ3v) is 0.878. The van der Waals surface area contributed by atoms with Gasteiger partial charge in [-0.1, -0.05) is 0 Å². The summed E-state index contributed by atoms with van der Waals surface area (Å²) < 4.78 is 4.86. The van der Waals surface area contributed by atoms with Gasteiger partial charge < -0.3 is 4.74 Å². The van der Waals surface area contributed by atoms with Crippen molar-refractivity contribution in [1.29, 1.82) is 0 Å². The first kappa shape index (κ1) is 4.43. The molecule has 0 saturated heterocycles. The fraction of sp³-hybridized carbons (Fsp3) is 0.750. The highest BCUT2D eigenvalue weighted by molar-refractivity contribution is 5.64. The molecule has 0 amide bonds. The summed E-state index contributed by atoms with van der Waals surface area (Å²) in [6, 6.07) is 0.464. The Kier molecular flexibility index (Phi) is 1.15. The van der Waals surface area contributed by atoms with Crippen molar-refractivity contribution in [2.45, 2.75) is 6.42 Å². The van der Waals surface area contributed by atoms with Gasteiger partial charge in [-0.05, 0) is 0 Å². The van der Waals surface area contributed by atoms with Crippen molar-refractivity contribution in [3.63, 3.8) is 0 Å². The van der Waals surface area contributed by atoms with Gasteiger partial charge in [-0.3, -0.25) is 5.73 Å². The zero-order valence-electron chi connectivity index (χ0n) is 4.11. The molecule has 1 aliphatic heterocycles. The molecule has 0 bridgehead atoms. The lowest BCUT2D eigenvalue weighted by atomic mass is 10.4. The number of nitrogens with two attached hydrogens (primary N) is 1. The Morgan fingerprint density at radius 1 is 1.71 bits per heavy atom. The molecule has 3 nitrogen and oxygen atoms in total. The molecule has 40 valence electrons. The molecule has 0 fully saturated rings. The second kappa shape index (κ2) is 1.82. The van der Waals surface area contributed by atoms with Crippen molar-refractivity contribution >= 4 is 6.02 Å². The van der Waals surface area contributed by atoms with E-state index < -0.39 is 0 Å². The summed E-state index contributed by atoms with van der Waals surface area (Å²) in [6.45, 7) is 1.71. The summed E-state index contributed by atoms with van der Waals surface area (Å²) in [4.78, 5) is 2.85. The van der Waals surface area contributed by atoms with Crippen molar-refractivity contribution in [2.75, 3.05) is 13.2 Å². The smallest absolute Gasteiger partial charge is 0.432 e. The summed E-state index contributed by atoms with van der Waals surface area (Å²) in [5, 5.41) is 0. The first-order chi connectivity index (χ1) is 3.39. The molecule has 0 atom stereocenters. The van der Waals surface area contributed by atoms with E-state index in [1.165, 1.54) is 0 Å². The number of ether oxygens (including phenoxy) is 1. The molecule has 1 aliphatic rings. The van der Waals surface area contributed by atoms with Crippen LogP contribution < -0.4 is 10.7 Å². The molecule has 3 N–H and O–H groups in total. The molecule has 7 heavy (non-hydrogen) atoms. The number of hydrogen-bond acceptors (Lipinski definition) is 2. The maximum Gasteiger partial charge on any atom is 0.439 e. The fourth-order valence-electron chi connectivity index (χ4n) is 0.517. The lowest BCUT2D eigenvalue weighted by molar-refractivity contribution is -0.478. The second-order valence-corrected chi connectivity index (χ2v) is 1.49. The van der Waals surface area contributed by atoms with Crippen molar-refractivity contribution in [3.8, 4) is 0 Å². The summed E-state index contributed by atoms with van der Waals surface area (Å²) >= 11 is 0.